The fraction of sp³-hybridized carbons (Fsp3) is 0.261. The number of rotatable bonds is 6. The highest BCUT2D eigenvalue weighted by Crippen LogP contribution is 2.27. The van der Waals surface area contributed by atoms with E-state index in [-0.39, 0.29) is 24.2 Å². The molecule has 1 aliphatic rings. The van der Waals surface area contributed by atoms with E-state index < -0.39 is 0 Å². The summed E-state index contributed by atoms with van der Waals surface area (Å²) in [7, 11) is 1.60. The second kappa shape index (κ2) is 8.41. The minimum atomic E-state index is -0.382. The summed E-state index contributed by atoms with van der Waals surface area (Å²) in [5, 5.41) is 2.94. The van der Waals surface area contributed by atoms with Crippen molar-refractivity contribution in [1.82, 2.24) is 9.55 Å². The van der Waals surface area contributed by atoms with E-state index in [0.717, 1.165) is 35.1 Å². The summed E-state index contributed by atoms with van der Waals surface area (Å²) >= 11 is 0. The van der Waals surface area contributed by atoms with E-state index in [9.17, 15) is 9.59 Å². The van der Waals surface area contributed by atoms with Crippen LogP contribution in [0.5, 0.6) is 5.75 Å². The van der Waals surface area contributed by atoms with Gasteiger partial charge in [-0.3, -0.25) is 9.59 Å². The Morgan fingerprint density at radius 1 is 1.17 bits per heavy atom. The van der Waals surface area contributed by atoms with Crippen molar-refractivity contribution in [2.75, 3.05) is 23.9 Å². The van der Waals surface area contributed by atoms with Crippen LogP contribution in [0.3, 0.4) is 0 Å². The van der Waals surface area contributed by atoms with Crippen molar-refractivity contribution in [3.63, 3.8) is 0 Å². The zero-order valence-corrected chi connectivity index (χ0v) is 17.0. The number of methoxy groups -OCH3 is 1. The zero-order chi connectivity index (χ0) is 21.1. The third kappa shape index (κ3) is 4.20. The van der Waals surface area contributed by atoms with Gasteiger partial charge >= 0.3 is 0 Å². The number of carbonyl (C=O) groups is 2. The van der Waals surface area contributed by atoms with Crippen LogP contribution >= 0.6 is 0 Å². The third-order valence-electron chi connectivity index (χ3n) is 5.38. The first-order valence-corrected chi connectivity index (χ1v) is 9.85. The molecule has 0 aliphatic carbocycles. The van der Waals surface area contributed by atoms with Crippen LogP contribution < -0.4 is 15.0 Å². The number of hydrogen-bond acceptors (Lipinski definition) is 4. The average Bonchev–Trinajstić information content (AvgIpc) is 3.35. The van der Waals surface area contributed by atoms with Crippen molar-refractivity contribution in [3.05, 3.63) is 72.3 Å². The first-order valence-electron chi connectivity index (χ1n) is 9.85. The number of anilines is 2. The molecule has 1 saturated heterocycles. The van der Waals surface area contributed by atoms with Gasteiger partial charge in [0.2, 0.25) is 11.8 Å². The number of carbonyl (C=O) groups excluding carboxylic acids is 2. The molecule has 1 unspecified atom stereocenters. The van der Waals surface area contributed by atoms with Gasteiger partial charge in [-0.2, -0.15) is 0 Å². The van der Waals surface area contributed by atoms with Crippen LogP contribution in [0.25, 0.3) is 0 Å². The largest absolute Gasteiger partial charge is 0.497 e. The normalized spacial score (nSPS) is 16.0. The number of aryl methyl sites for hydroxylation is 1. The molecule has 3 aromatic rings. The maximum atomic E-state index is 12.7. The van der Waals surface area contributed by atoms with Crippen molar-refractivity contribution >= 4 is 23.2 Å². The van der Waals surface area contributed by atoms with Crippen molar-refractivity contribution in [3.8, 4) is 5.75 Å². The first kappa shape index (κ1) is 19.7. The summed E-state index contributed by atoms with van der Waals surface area (Å²) in [6.07, 6.45) is 3.93. The average molecular weight is 404 g/mol. The summed E-state index contributed by atoms with van der Waals surface area (Å²) in [4.78, 5) is 31.0. The standard InChI is InChI=1S/C23H24N4O3/c1-16-24-11-12-26(16)14-17-3-5-19(6-4-17)25-23(29)18-13-22(28)27(15-18)20-7-9-21(30-2)10-8-20/h3-12,18H,13-15H2,1-2H3,(H,25,29). The van der Waals surface area contributed by atoms with Gasteiger partial charge in [0.15, 0.2) is 0 Å². The minimum absolute atomic E-state index is 0.0497. The van der Waals surface area contributed by atoms with Gasteiger partial charge in [0.1, 0.15) is 11.6 Å². The molecule has 1 aromatic heterocycles. The number of hydrogen-bond donors (Lipinski definition) is 1. The Balaban J connectivity index is 1.36. The molecule has 2 amide bonds. The molecule has 1 N–H and O–H groups in total. The first-order chi connectivity index (χ1) is 14.5. The molecule has 4 rings (SSSR count). The number of imidazole rings is 1. The summed E-state index contributed by atoms with van der Waals surface area (Å²) < 4.78 is 7.22. The second-order valence-corrected chi connectivity index (χ2v) is 7.39. The fourth-order valence-electron chi connectivity index (χ4n) is 3.60. The van der Waals surface area contributed by atoms with Crippen molar-refractivity contribution < 1.29 is 14.3 Å². The highest BCUT2D eigenvalue weighted by atomic mass is 16.5. The monoisotopic (exact) mass is 404 g/mol. The smallest absolute Gasteiger partial charge is 0.229 e. The van der Waals surface area contributed by atoms with Gasteiger partial charge in [-0.15, -0.1) is 0 Å². The number of nitrogens with zero attached hydrogens (tertiary/aromatic N) is 3. The Kier molecular flexibility index (Phi) is 5.52. The molecular weight excluding hydrogens is 380 g/mol. The topological polar surface area (TPSA) is 76.5 Å². The number of benzene rings is 2. The van der Waals surface area contributed by atoms with E-state index in [2.05, 4.69) is 14.9 Å². The van der Waals surface area contributed by atoms with Crippen molar-refractivity contribution in [1.29, 1.82) is 0 Å². The van der Waals surface area contributed by atoms with Gasteiger partial charge in [0.05, 0.1) is 13.0 Å². The van der Waals surface area contributed by atoms with E-state index in [1.165, 1.54) is 0 Å². The molecule has 2 aromatic carbocycles. The lowest BCUT2D eigenvalue weighted by Crippen LogP contribution is -2.28. The molecule has 0 bridgehead atoms. The molecule has 1 fully saturated rings. The zero-order valence-electron chi connectivity index (χ0n) is 17.0. The van der Waals surface area contributed by atoms with E-state index in [1.807, 2.05) is 61.7 Å². The molecule has 2 heterocycles. The Labute approximate surface area is 175 Å². The number of amides is 2. The molecule has 0 spiro atoms. The number of aromatic nitrogens is 2. The number of ether oxygens (including phenoxy) is 1. The van der Waals surface area contributed by atoms with E-state index in [4.69, 9.17) is 4.74 Å². The van der Waals surface area contributed by atoms with Gasteiger partial charge in [-0.1, -0.05) is 12.1 Å². The van der Waals surface area contributed by atoms with Gasteiger partial charge < -0.3 is 19.5 Å². The summed E-state index contributed by atoms with van der Waals surface area (Å²) in [5.74, 6) is 1.11. The molecular formula is C23H24N4O3. The third-order valence-corrected chi connectivity index (χ3v) is 5.38. The second-order valence-electron chi connectivity index (χ2n) is 7.39. The Morgan fingerprint density at radius 2 is 1.90 bits per heavy atom. The van der Waals surface area contributed by atoms with Crippen molar-refractivity contribution in [2.24, 2.45) is 5.92 Å². The SMILES string of the molecule is COc1ccc(N2CC(C(=O)Nc3ccc(Cn4ccnc4C)cc3)CC2=O)cc1. The van der Waals surface area contributed by atoms with Crippen LogP contribution in [0.2, 0.25) is 0 Å². The highest BCUT2D eigenvalue weighted by Gasteiger charge is 2.35. The highest BCUT2D eigenvalue weighted by molar-refractivity contribution is 6.03. The van der Waals surface area contributed by atoms with E-state index >= 15 is 0 Å². The molecule has 7 nitrogen and oxygen atoms in total. The fourth-order valence-corrected chi connectivity index (χ4v) is 3.60. The van der Waals surface area contributed by atoms with Gasteiger partial charge in [-0.25, -0.2) is 4.98 Å². The van der Waals surface area contributed by atoms with E-state index in [0.29, 0.717) is 6.54 Å². The molecule has 1 atom stereocenters. The lowest BCUT2D eigenvalue weighted by molar-refractivity contribution is -0.122. The van der Waals surface area contributed by atoms with Crippen LogP contribution in [0.1, 0.15) is 17.8 Å². The van der Waals surface area contributed by atoms with Crippen LogP contribution in [0.15, 0.2) is 60.9 Å². The van der Waals surface area contributed by atoms with Gasteiger partial charge in [0, 0.05) is 43.3 Å². The van der Waals surface area contributed by atoms with Crippen molar-refractivity contribution in [2.45, 2.75) is 19.9 Å². The Bertz CT molecular complexity index is 1040. The van der Waals surface area contributed by atoms with Crippen LogP contribution in [0.4, 0.5) is 11.4 Å². The lowest BCUT2D eigenvalue weighted by Gasteiger charge is -2.17. The maximum Gasteiger partial charge on any atom is 0.229 e. The molecule has 30 heavy (non-hydrogen) atoms. The molecule has 0 saturated carbocycles. The molecule has 1 aliphatic heterocycles. The number of nitrogens with one attached hydrogen (secondary N) is 1. The summed E-state index contributed by atoms with van der Waals surface area (Å²) in [5.41, 5.74) is 2.62. The molecule has 0 radical (unpaired) electrons. The maximum absolute atomic E-state index is 12.7. The predicted molar refractivity (Wildman–Crippen MR) is 115 cm³/mol. The Hall–Kier alpha value is -3.61. The molecule has 154 valence electrons. The van der Waals surface area contributed by atoms with E-state index in [1.54, 1.807) is 18.2 Å². The van der Waals surface area contributed by atoms with Crippen LogP contribution in [0, 0.1) is 12.8 Å². The minimum Gasteiger partial charge on any atom is -0.497 e. The Morgan fingerprint density at radius 3 is 2.53 bits per heavy atom. The van der Waals surface area contributed by atoms with Crippen LogP contribution in [-0.2, 0) is 16.1 Å². The van der Waals surface area contributed by atoms with Gasteiger partial charge in [0.25, 0.3) is 0 Å². The predicted octanol–water partition coefficient (Wildman–Crippen LogP) is 3.24. The van der Waals surface area contributed by atoms with Crippen LogP contribution in [-0.4, -0.2) is 35.0 Å². The van der Waals surface area contributed by atoms with Gasteiger partial charge in [-0.05, 0) is 48.9 Å². The summed E-state index contributed by atoms with van der Waals surface area (Å²) in [6, 6.07) is 15.0. The summed E-state index contributed by atoms with van der Waals surface area (Å²) in [6.45, 7) is 3.07. The quantitative estimate of drug-likeness (QED) is 0.684. The molecule has 7 heteroatoms. The lowest BCUT2D eigenvalue weighted by atomic mass is 10.1.